The molecule has 13 nitrogen and oxygen atoms in total. The summed E-state index contributed by atoms with van der Waals surface area (Å²) in [5.41, 5.74) is 6.50. The van der Waals surface area contributed by atoms with Crippen LogP contribution in [0.2, 0.25) is 0 Å². The maximum absolute atomic E-state index is 12.9. The molecule has 2 amide bonds. The van der Waals surface area contributed by atoms with E-state index in [1.54, 1.807) is 29.1 Å². The fourth-order valence-electron chi connectivity index (χ4n) is 3.54. The van der Waals surface area contributed by atoms with Crippen LogP contribution in [0.1, 0.15) is 11.4 Å². The molecular weight excluding hydrogens is 486 g/mol. The van der Waals surface area contributed by atoms with E-state index in [9.17, 15) is 24.6 Å². The molecule has 2 aliphatic heterocycles. The van der Waals surface area contributed by atoms with Gasteiger partial charge in [0, 0.05) is 35.0 Å². The maximum Gasteiger partial charge on any atom is 0.352 e. The number of nitrogens with zero attached hydrogens (tertiary/aromatic N) is 5. The Morgan fingerprint density at radius 2 is 2.15 bits per heavy atom. The SMILES string of the molecule is CON=C(C(=O)NC1C(=O)N2C(C(=O)O)=C(C[n+]3ccc(CO)cc3)CS[C@H]12)c1nsc(N)n1. The average molecular weight is 507 g/mol. The van der Waals surface area contributed by atoms with Crippen molar-refractivity contribution in [2.24, 2.45) is 5.16 Å². The van der Waals surface area contributed by atoms with Crippen LogP contribution in [0, 0.1) is 0 Å². The number of oxime groups is 1. The number of carbonyl (C=O) groups excluding carboxylic acids is 2. The van der Waals surface area contributed by atoms with Gasteiger partial charge in [0.1, 0.15) is 24.2 Å². The minimum Gasteiger partial charge on any atom is -0.477 e. The van der Waals surface area contributed by atoms with E-state index in [1.165, 1.54) is 23.8 Å². The van der Waals surface area contributed by atoms with Crippen LogP contribution < -0.4 is 15.6 Å². The highest BCUT2D eigenvalue weighted by molar-refractivity contribution is 8.00. The summed E-state index contributed by atoms with van der Waals surface area (Å²) in [6.07, 6.45) is 3.46. The Bertz CT molecular complexity index is 1200. The molecule has 0 aliphatic carbocycles. The van der Waals surface area contributed by atoms with Crippen LogP contribution in [0.4, 0.5) is 5.13 Å². The lowest BCUT2D eigenvalue weighted by Crippen LogP contribution is -2.71. The molecule has 0 spiro atoms. The number of hydrogen-bond acceptors (Lipinski definition) is 11. The van der Waals surface area contributed by atoms with E-state index < -0.39 is 29.2 Å². The van der Waals surface area contributed by atoms with Gasteiger partial charge in [-0.05, 0) is 5.56 Å². The van der Waals surface area contributed by atoms with Gasteiger partial charge in [-0.1, -0.05) is 5.16 Å². The van der Waals surface area contributed by atoms with Crippen molar-refractivity contribution in [1.29, 1.82) is 0 Å². The molecule has 5 N–H and O–H groups in total. The summed E-state index contributed by atoms with van der Waals surface area (Å²) in [7, 11) is 1.25. The summed E-state index contributed by atoms with van der Waals surface area (Å²) in [5, 5.41) is 24.8. The lowest BCUT2D eigenvalue weighted by Gasteiger charge is -2.49. The lowest BCUT2D eigenvalue weighted by atomic mass is 10.0. The quantitative estimate of drug-likeness (QED) is 0.145. The van der Waals surface area contributed by atoms with Crippen molar-refractivity contribution in [1.82, 2.24) is 19.6 Å². The monoisotopic (exact) mass is 506 g/mol. The Labute approximate surface area is 201 Å². The lowest BCUT2D eigenvalue weighted by molar-refractivity contribution is -0.689. The Balaban J connectivity index is 1.52. The number of hydrogen-bond donors (Lipinski definition) is 4. The molecule has 0 saturated carbocycles. The number of carboxylic acid groups (broad SMARTS) is 1. The maximum atomic E-state index is 12.9. The molecule has 34 heavy (non-hydrogen) atoms. The zero-order valence-corrected chi connectivity index (χ0v) is 19.4. The van der Waals surface area contributed by atoms with Gasteiger partial charge in [-0.15, -0.1) is 11.8 Å². The molecule has 1 unspecified atom stereocenters. The average Bonchev–Trinajstić information content (AvgIpc) is 3.26. The molecule has 15 heteroatoms. The van der Waals surface area contributed by atoms with E-state index in [0.29, 0.717) is 11.3 Å². The third-order valence-electron chi connectivity index (χ3n) is 5.10. The van der Waals surface area contributed by atoms with Gasteiger partial charge in [0.2, 0.25) is 11.5 Å². The minimum atomic E-state index is -1.23. The third-order valence-corrected chi connectivity index (χ3v) is 6.99. The summed E-state index contributed by atoms with van der Waals surface area (Å²) >= 11 is 2.22. The molecule has 0 bridgehead atoms. The van der Waals surface area contributed by atoms with Crippen molar-refractivity contribution < 1.29 is 34.0 Å². The van der Waals surface area contributed by atoms with E-state index in [2.05, 4.69) is 19.8 Å². The number of nitrogens with one attached hydrogen (secondary N) is 1. The van der Waals surface area contributed by atoms with E-state index in [1.807, 2.05) is 0 Å². The number of aromatic nitrogens is 3. The molecule has 1 fully saturated rings. The predicted octanol–water partition coefficient (Wildman–Crippen LogP) is -1.31. The van der Waals surface area contributed by atoms with E-state index in [4.69, 9.17) is 10.6 Å². The topological polar surface area (TPSA) is 184 Å². The van der Waals surface area contributed by atoms with Crippen molar-refractivity contribution in [3.8, 4) is 0 Å². The highest BCUT2D eigenvalue weighted by atomic mass is 32.2. The number of nitrogen functional groups attached to an aromatic ring is 1. The number of pyridine rings is 1. The molecule has 2 aromatic heterocycles. The first-order chi connectivity index (χ1) is 16.3. The number of aliphatic hydroxyl groups excluding tert-OH is 1. The predicted molar refractivity (Wildman–Crippen MR) is 120 cm³/mol. The Kier molecular flexibility index (Phi) is 6.76. The fraction of sp³-hybridized carbons (Fsp3) is 0.316. The van der Waals surface area contributed by atoms with Crippen LogP contribution >= 0.6 is 23.3 Å². The number of aliphatic carboxylic acids is 1. The second-order valence-electron chi connectivity index (χ2n) is 7.23. The van der Waals surface area contributed by atoms with Crippen LogP contribution in [0.5, 0.6) is 0 Å². The van der Waals surface area contributed by atoms with Crippen molar-refractivity contribution in [3.05, 3.63) is 47.2 Å². The first-order valence-corrected chi connectivity index (χ1v) is 11.7. The number of thioether (sulfide) groups is 1. The minimum absolute atomic E-state index is 0.0422. The van der Waals surface area contributed by atoms with Crippen LogP contribution in [0.3, 0.4) is 0 Å². The summed E-state index contributed by atoms with van der Waals surface area (Å²) in [6, 6.07) is 2.50. The molecule has 0 radical (unpaired) electrons. The second-order valence-corrected chi connectivity index (χ2v) is 9.12. The number of carboxylic acids is 1. The number of rotatable bonds is 8. The van der Waals surface area contributed by atoms with E-state index in [0.717, 1.165) is 17.1 Å². The second kappa shape index (κ2) is 9.74. The molecule has 2 atom stereocenters. The summed E-state index contributed by atoms with van der Waals surface area (Å²) in [6.45, 7) is 0.162. The molecule has 2 aromatic rings. The molecule has 1 saturated heterocycles. The molecule has 0 aromatic carbocycles. The number of β-lactam (4-membered cyclic amide) rings is 1. The van der Waals surface area contributed by atoms with Crippen LogP contribution in [0.25, 0.3) is 0 Å². The molecule has 2 aliphatic rings. The summed E-state index contributed by atoms with van der Waals surface area (Å²) in [5.74, 6) is -2.22. The van der Waals surface area contributed by atoms with Gasteiger partial charge in [0.15, 0.2) is 24.1 Å². The molecular formula is C19H20N7O6S2+. The summed E-state index contributed by atoms with van der Waals surface area (Å²) in [4.78, 5) is 47.5. The highest BCUT2D eigenvalue weighted by Gasteiger charge is 2.54. The van der Waals surface area contributed by atoms with E-state index in [-0.39, 0.29) is 35.5 Å². The normalized spacial score (nSPS) is 20.0. The van der Waals surface area contributed by atoms with Crippen molar-refractivity contribution in [2.45, 2.75) is 24.6 Å². The number of amides is 2. The van der Waals surface area contributed by atoms with Crippen LogP contribution in [-0.4, -0.2) is 72.2 Å². The number of nitrogens with two attached hydrogens (primary N) is 1. The van der Waals surface area contributed by atoms with Gasteiger partial charge in [-0.25, -0.2) is 9.36 Å². The number of aliphatic hydroxyl groups is 1. The van der Waals surface area contributed by atoms with Gasteiger partial charge < -0.3 is 26.1 Å². The largest absolute Gasteiger partial charge is 0.477 e. The number of anilines is 1. The van der Waals surface area contributed by atoms with Crippen LogP contribution in [0.15, 0.2) is 41.0 Å². The standard InChI is InChI=1S/C19H19N7O6S2/c1-32-23-11(14-22-19(20)34-24-14)15(28)21-12-16(29)26-13(18(30)31)10(8-33-17(12)26)6-25-4-2-9(7-27)3-5-25/h2-5,12,17,27H,6-8H2,1H3,(H3-,20,21,22,24,28,30,31)/p+1/t12?,17-/m1/s1. The first kappa shape index (κ1) is 23.6. The van der Waals surface area contributed by atoms with Gasteiger partial charge in [-0.2, -0.15) is 9.36 Å². The zero-order valence-electron chi connectivity index (χ0n) is 17.7. The summed E-state index contributed by atoms with van der Waals surface area (Å²) < 4.78 is 5.70. The third kappa shape index (κ3) is 4.44. The zero-order chi connectivity index (χ0) is 24.4. The Morgan fingerprint density at radius 3 is 2.74 bits per heavy atom. The van der Waals surface area contributed by atoms with Gasteiger partial charge >= 0.3 is 5.97 Å². The Morgan fingerprint density at radius 1 is 1.41 bits per heavy atom. The van der Waals surface area contributed by atoms with Crippen molar-refractivity contribution >= 4 is 51.9 Å². The highest BCUT2D eigenvalue weighted by Crippen LogP contribution is 2.40. The molecule has 4 heterocycles. The Hall–Kier alpha value is -3.56. The first-order valence-electron chi connectivity index (χ1n) is 9.84. The van der Waals surface area contributed by atoms with Crippen LogP contribution in [-0.2, 0) is 32.4 Å². The fourth-order valence-corrected chi connectivity index (χ4v) is 5.31. The smallest absolute Gasteiger partial charge is 0.352 e. The van der Waals surface area contributed by atoms with E-state index >= 15 is 0 Å². The molecule has 4 rings (SSSR count). The van der Waals surface area contributed by atoms with Gasteiger partial charge in [0.25, 0.3) is 11.8 Å². The van der Waals surface area contributed by atoms with Gasteiger partial charge in [0.05, 0.1) is 6.61 Å². The molecule has 178 valence electrons. The van der Waals surface area contributed by atoms with Crippen molar-refractivity contribution in [3.63, 3.8) is 0 Å². The number of carbonyl (C=O) groups is 3. The van der Waals surface area contributed by atoms with Gasteiger partial charge in [-0.3, -0.25) is 14.5 Å². The van der Waals surface area contributed by atoms with Crippen molar-refractivity contribution in [2.75, 3.05) is 18.6 Å². The number of fused-ring (bicyclic) bond motifs is 1.